The molecule has 0 aromatic heterocycles. The van der Waals surface area contributed by atoms with Gasteiger partial charge in [0.1, 0.15) is 12.7 Å². The first kappa shape index (κ1) is 15.9. The number of allylic oxidation sites excluding steroid dienone is 2. The van der Waals surface area contributed by atoms with Crippen LogP contribution in [0, 0.1) is 35.0 Å². The Morgan fingerprint density at radius 1 is 1.18 bits per heavy atom. The molecule has 1 saturated heterocycles. The molecule has 1 heterocycles. The van der Waals surface area contributed by atoms with Crippen LogP contribution < -0.4 is 0 Å². The fourth-order valence-corrected chi connectivity index (χ4v) is 1.97. The lowest BCUT2D eigenvalue weighted by Gasteiger charge is -2.21. The predicted octanol–water partition coefficient (Wildman–Crippen LogP) is 3.01. The second kappa shape index (κ2) is 9.43. The second-order valence-electron chi connectivity index (χ2n) is 4.69. The van der Waals surface area contributed by atoms with Crippen LogP contribution in [0.25, 0.3) is 0 Å². The van der Waals surface area contributed by atoms with Crippen molar-refractivity contribution >= 4 is 0 Å². The topological polar surface area (TPSA) is 42.2 Å². The number of nitriles is 1. The first-order valence-electron chi connectivity index (χ1n) is 7.27. The summed E-state index contributed by atoms with van der Waals surface area (Å²) in [5.74, 6) is 11.6. The summed E-state index contributed by atoms with van der Waals surface area (Å²) >= 11 is 0. The van der Waals surface area contributed by atoms with Crippen LogP contribution in [0.2, 0.25) is 0 Å². The Morgan fingerprint density at radius 3 is 2.77 bits per heavy atom. The van der Waals surface area contributed by atoms with Crippen molar-refractivity contribution in [2.24, 2.45) is 0 Å². The monoisotopic (exact) mass is 291 g/mol. The number of hydrogen-bond donors (Lipinski definition) is 0. The van der Waals surface area contributed by atoms with Gasteiger partial charge in [-0.1, -0.05) is 35.8 Å². The largest absolute Gasteiger partial charge is 0.353 e. The molecule has 0 aliphatic carbocycles. The van der Waals surface area contributed by atoms with Crippen molar-refractivity contribution in [1.29, 1.82) is 5.26 Å². The lowest BCUT2D eigenvalue weighted by molar-refractivity contribution is -0.154. The summed E-state index contributed by atoms with van der Waals surface area (Å²) < 4.78 is 10.9. The van der Waals surface area contributed by atoms with E-state index in [1.165, 1.54) is 0 Å². The average Bonchev–Trinajstić information content (AvgIpc) is 2.58. The number of benzene rings is 1. The Kier molecular flexibility index (Phi) is 6.80. The quantitative estimate of drug-likeness (QED) is 0.787. The molecule has 1 atom stereocenters. The predicted molar refractivity (Wildman–Crippen MR) is 84.5 cm³/mol. The van der Waals surface area contributed by atoms with Crippen LogP contribution in [-0.4, -0.2) is 19.5 Å². The maximum Gasteiger partial charge on any atom is 0.158 e. The first-order valence-corrected chi connectivity index (χ1v) is 7.27. The minimum Gasteiger partial charge on any atom is -0.353 e. The number of ether oxygens (including phenoxy) is 2. The Morgan fingerprint density at radius 2 is 2.00 bits per heavy atom. The van der Waals surface area contributed by atoms with E-state index in [4.69, 9.17) is 14.7 Å². The van der Waals surface area contributed by atoms with E-state index < -0.39 is 0 Å². The Bertz CT molecular complexity index is 671. The molecule has 0 bridgehead atoms. The average molecular weight is 291 g/mol. The summed E-state index contributed by atoms with van der Waals surface area (Å²) in [5.41, 5.74) is 1.30. The molecule has 0 amide bonds. The standard InChI is InChI=1S/C19H17NO2/c20-16-18-12-6-5-11-17(18)10-4-2-1-3-8-14-21-19-13-7-9-15-22-19/h1-2,5-6,11-12,19H,7,9,13-15H2/b2-1-. The molecular weight excluding hydrogens is 274 g/mol. The lowest BCUT2D eigenvalue weighted by atomic mass is 10.1. The van der Waals surface area contributed by atoms with Crippen molar-refractivity contribution in [3.8, 4) is 29.8 Å². The van der Waals surface area contributed by atoms with Gasteiger partial charge in [-0.25, -0.2) is 0 Å². The highest BCUT2D eigenvalue weighted by atomic mass is 16.7. The van der Waals surface area contributed by atoms with Gasteiger partial charge >= 0.3 is 0 Å². The van der Waals surface area contributed by atoms with Crippen LogP contribution in [0.1, 0.15) is 30.4 Å². The summed E-state index contributed by atoms with van der Waals surface area (Å²) in [4.78, 5) is 0. The maximum absolute atomic E-state index is 8.94. The zero-order chi connectivity index (χ0) is 15.5. The third kappa shape index (κ3) is 5.47. The van der Waals surface area contributed by atoms with Crippen molar-refractivity contribution < 1.29 is 9.47 Å². The molecule has 1 aliphatic heterocycles. The van der Waals surface area contributed by atoms with Crippen molar-refractivity contribution in [2.45, 2.75) is 25.6 Å². The van der Waals surface area contributed by atoms with Gasteiger partial charge in [0.05, 0.1) is 5.56 Å². The highest BCUT2D eigenvalue weighted by molar-refractivity contribution is 5.48. The van der Waals surface area contributed by atoms with Crippen LogP contribution in [0.5, 0.6) is 0 Å². The van der Waals surface area contributed by atoms with E-state index in [0.29, 0.717) is 12.2 Å². The Balaban J connectivity index is 1.76. The lowest BCUT2D eigenvalue weighted by Crippen LogP contribution is -2.22. The molecule has 1 unspecified atom stereocenters. The van der Waals surface area contributed by atoms with Crippen molar-refractivity contribution in [3.63, 3.8) is 0 Å². The minimum absolute atomic E-state index is 0.102. The molecule has 3 heteroatoms. The van der Waals surface area contributed by atoms with Crippen LogP contribution >= 0.6 is 0 Å². The van der Waals surface area contributed by atoms with Crippen molar-refractivity contribution in [2.75, 3.05) is 13.2 Å². The third-order valence-corrected chi connectivity index (χ3v) is 3.09. The summed E-state index contributed by atoms with van der Waals surface area (Å²) in [6.07, 6.45) is 6.45. The Hall–Kier alpha value is -2.51. The van der Waals surface area contributed by atoms with Crippen molar-refractivity contribution in [1.82, 2.24) is 0 Å². The van der Waals surface area contributed by atoms with Crippen LogP contribution in [0.3, 0.4) is 0 Å². The normalized spacial score (nSPS) is 17.0. The van der Waals surface area contributed by atoms with E-state index in [1.807, 2.05) is 18.2 Å². The highest BCUT2D eigenvalue weighted by Gasteiger charge is 2.12. The summed E-state index contributed by atoms with van der Waals surface area (Å²) in [6.45, 7) is 1.14. The second-order valence-corrected chi connectivity index (χ2v) is 4.69. The van der Waals surface area contributed by atoms with Gasteiger partial charge in [0.2, 0.25) is 0 Å². The smallest absolute Gasteiger partial charge is 0.158 e. The minimum atomic E-state index is -0.102. The molecule has 1 aromatic carbocycles. The molecule has 0 saturated carbocycles. The molecule has 1 aromatic rings. The van der Waals surface area contributed by atoms with Gasteiger partial charge in [0.25, 0.3) is 0 Å². The SMILES string of the molecule is N#Cc1ccccc1C#C/C=C\C#CCOC1CCCCO1. The van der Waals surface area contributed by atoms with Gasteiger partial charge in [-0.15, -0.1) is 0 Å². The fourth-order valence-electron chi connectivity index (χ4n) is 1.97. The van der Waals surface area contributed by atoms with Crippen molar-refractivity contribution in [3.05, 3.63) is 47.5 Å². The third-order valence-electron chi connectivity index (χ3n) is 3.09. The molecule has 0 radical (unpaired) electrons. The molecule has 2 rings (SSSR count). The molecule has 22 heavy (non-hydrogen) atoms. The zero-order valence-electron chi connectivity index (χ0n) is 12.3. The van der Waals surface area contributed by atoms with E-state index in [9.17, 15) is 0 Å². The fraction of sp³-hybridized carbons (Fsp3) is 0.316. The van der Waals surface area contributed by atoms with Crippen LogP contribution in [0.15, 0.2) is 36.4 Å². The van der Waals surface area contributed by atoms with Gasteiger partial charge in [-0.2, -0.15) is 5.26 Å². The van der Waals surface area contributed by atoms with E-state index >= 15 is 0 Å². The molecule has 1 aliphatic rings. The summed E-state index contributed by atoms with van der Waals surface area (Å²) in [5, 5.41) is 8.94. The molecular formula is C19H17NO2. The number of nitrogens with zero attached hydrogens (tertiary/aromatic N) is 1. The van der Waals surface area contributed by atoms with E-state index in [0.717, 1.165) is 31.4 Å². The first-order chi connectivity index (χ1) is 10.9. The molecule has 0 N–H and O–H groups in total. The van der Waals surface area contributed by atoms with E-state index in [1.54, 1.807) is 18.2 Å². The molecule has 0 spiro atoms. The Labute approximate surface area is 131 Å². The van der Waals surface area contributed by atoms with Crippen LogP contribution in [-0.2, 0) is 9.47 Å². The maximum atomic E-state index is 8.94. The summed E-state index contributed by atoms with van der Waals surface area (Å²) in [7, 11) is 0. The molecule has 1 fully saturated rings. The van der Waals surface area contributed by atoms with Gasteiger partial charge < -0.3 is 9.47 Å². The molecule has 110 valence electrons. The number of hydrogen-bond acceptors (Lipinski definition) is 3. The van der Waals surface area contributed by atoms with Crippen LogP contribution in [0.4, 0.5) is 0 Å². The zero-order valence-corrected chi connectivity index (χ0v) is 12.3. The van der Waals surface area contributed by atoms with Gasteiger partial charge in [-0.3, -0.25) is 0 Å². The molecule has 3 nitrogen and oxygen atoms in total. The van der Waals surface area contributed by atoms with E-state index in [2.05, 4.69) is 29.8 Å². The summed E-state index contributed by atoms with van der Waals surface area (Å²) in [6, 6.07) is 9.36. The van der Waals surface area contributed by atoms with Gasteiger partial charge in [0.15, 0.2) is 6.29 Å². The van der Waals surface area contributed by atoms with Gasteiger partial charge in [0, 0.05) is 12.2 Å². The highest BCUT2D eigenvalue weighted by Crippen LogP contribution is 2.12. The van der Waals surface area contributed by atoms with E-state index in [-0.39, 0.29) is 6.29 Å². The number of rotatable bonds is 2. The van der Waals surface area contributed by atoms with Gasteiger partial charge in [-0.05, 0) is 43.5 Å².